The average Bonchev–Trinajstić information content (AvgIpc) is 2.75. The van der Waals surface area contributed by atoms with E-state index in [-0.39, 0.29) is 18.0 Å². The van der Waals surface area contributed by atoms with Crippen molar-refractivity contribution in [1.82, 2.24) is 4.98 Å². The molecule has 142 valence electrons. The molecule has 3 rings (SSSR count). The number of hydrogen-bond acceptors (Lipinski definition) is 4. The number of pyridine rings is 1. The number of carbonyl (C=O) groups is 2. The van der Waals surface area contributed by atoms with Crippen LogP contribution < -0.4 is 4.74 Å². The molecule has 0 aliphatic rings. The van der Waals surface area contributed by atoms with Crippen LogP contribution >= 0.6 is 0 Å². The summed E-state index contributed by atoms with van der Waals surface area (Å²) < 4.78 is 5.14. The van der Waals surface area contributed by atoms with Crippen molar-refractivity contribution >= 4 is 11.6 Å². The second-order valence-corrected chi connectivity index (χ2v) is 6.65. The molecule has 0 saturated heterocycles. The fourth-order valence-corrected chi connectivity index (χ4v) is 3.04. The molecule has 4 nitrogen and oxygen atoms in total. The summed E-state index contributed by atoms with van der Waals surface area (Å²) in [7, 11) is 1.64. The summed E-state index contributed by atoms with van der Waals surface area (Å²) in [5, 5.41) is 0. The molecule has 4 heteroatoms. The summed E-state index contributed by atoms with van der Waals surface area (Å²) in [4.78, 5) is 28.5. The number of rotatable bonds is 9. The van der Waals surface area contributed by atoms with E-state index in [1.54, 1.807) is 31.6 Å². The second-order valence-electron chi connectivity index (χ2n) is 6.65. The lowest BCUT2D eigenvalue weighted by atomic mass is 9.99. The van der Waals surface area contributed by atoms with Crippen LogP contribution in [0.2, 0.25) is 0 Å². The van der Waals surface area contributed by atoms with Crippen molar-refractivity contribution in [3.8, 4) is 16.9 Å². The summed E-state index contributed by atoms with van der Waals surface area (Å²) in [5.41, 5.74) is 3.79. The molecule has 0 bridgehead atoms. The Balaban J connectivity index is 1.47. The molecule has 3 aromatic rings. The number of carbonyl (C=O) groups excluding carboxylic acids is 2. The minimum atomic E-state index is -0.129. The number of aryl methyl sites for hydroxylation is 1. The van der Waals surface area contributed by atoms with E-state index in [0.29, 0.717) is 12.0 Å². The standard InChI is InChI=1S/C24H23NO3/c1-28-23-11-5-18(6-12-23)3-2-4-22(26)17-24(27)21-9-7-19(8-10-21)20-13-15-25-16-14-20/h5-16H,2-4,17H2,1H3. The molecule has 0 spiro atoms. The zero-order valence-electron chi connectivity index (χ0n) is 15.9. The average molecular weight is 373 g/mol. The maximum Gasteiger partial charge on any atom is 0.170 e. The fraction of sp³-hybridized carbons (Fsp3) is 0.208. The first kappa shape index (κ1) is 19.5. The van der Waals surface area contributed by atoms with Crippen molar-refractivity contribution in [3.05, 3.63) is 84.2 Å². The van der Waals surface area contributed by atoms with E-state index in [1.165, 1.54) is 0 Å². The van der Waals surface area contributed by atoms with Crippen LogP contribution in [0.5, 0.6) is 5.75 Å². The van der Waals surface area contributed by atoms with Crippen LogP contribution in [0.3, 0.4) is 0 Å². The molecule has 1 aromatic heterocycles. The Morgan fingerprint density at radius 1 is 0.857 bits per heavy atom. The van der Waals surface area contributed by atoms with Gasteiger partial charge in [-0.15, -0.1) is 0 Å². The van der Waals surface area contributed by atoms with Gasteiger partial charge in [0.1, 0.15) is 11.5 Å². The monoisotopic (exact) mass is 373 g/mol. The maximum atomic E-state index is 12.4. The number of methoxy groups -OCH3 is 1. The fourth-order valence-electron chi connectivity index (χ4n) is 3.04. The highest BCUT2D eigenvalue weighted by molar-refractivity contribution is 6.08. The van der Waals surface area contributed by atoms with Crippen LogP contribution in [0.4, 0.5) is 0 Å². The molecule has 0 saturated carbocycles. The Morgan fingerprint density at radius 2 is 1.50 bits per heavy atom. The van der Waals surface area contributed by atoms with Crippen molar-refractivity contribution in [2.24, 2.45) is 0 Å². The smallest absolute Gasteiger partial charge is 0.170 e. The quantitative estimate of drug-likeness (QED) is 0.394. The number of benzene rings is 2. The first-order valence-corrected chi connectivity index (χ1v) is 9.34. The van der Waals surface area contributed by atoms with Crippen molar-refractivity contribution in [2.75, 3.05) is 7.11 Å². The van der Waals surface area contributed by atoms with Gasteiger partial charge in [0.25, 0.3) is 0 Å². The molecule has 0 radical (unpaired) electrons. The van der Waals surface area contributed by atoms with Gasteiger partial charge < -0.3 is 4.74 Å². The SMILES string of the molecule is COc1ccc(CCCC(=O)CC(=O)c2ccc(-c3ccncc3)cc2)cc1. The van der Waals surface area contributed by atoms with Crippen LogP contribution in [0.25, 0.3) is 11.1 Å². The van der Waals surface area contributed by atoms with E-state index in [4.69, 9.17) is 4.74 Å². The lowest BCUT2D eigenvalue weighted by molar-refractivity contribution is -0.118. The molecule has 0 aliphatic carbocycles. The van der Waals surface area contributed by atoms with Gasteiger partial charge in [0.15, 0.2) is 5.78 Å². The van der Waals surface area contributed by atoms with E-state index in [1.807, 2.05) is 48.5 Å². The van der Waals surface area contributed by atoms with Crippen LogP contribution in [-0.4, -0.2) is 23.7 Å². The van der Waals surface area contributed by atoms with Gasteiger partial charge in [-0.1, -0.05) is 36.4 Å². The molecule has 0 aliphatic heterocycles. The Kier molecular flexibility index (Phi) is 6.68. The summed E-state index contributed by atoms with van der Waals surface area (Å²) >= 11 is 0. The van der Waals surface area contributed by atoms with Gasteiger partial charge in [0.05, 0.1) is 13.5 Å². The highest BCUT2D eigenvalue weighted by atomic mass is 16.5. The van der Waals surface area contributed by atoms with Crippen LogP contribution in [0.15, 0.2) is 73.1 Å². The van der Waals surface area contributed by atoms with Gasteiger partial charge in [-0.05, 0) is 53.8 Å². The first-order chi connectivity index (χ1) is 13.7. The lowest BCUT2D eigenvalue weighted by Gasteiger charge is -2.05. The zero-order valence-corrected chi connectivity index (χ0v) is 15.9. The zero-order chi connectivity index (χ0) is 19.8. The van der Waals surface area contributed by atoms with Gasteiger partial charge in [0.2, 0.25) is 0 Å². The third kappa shape index (κ3) is 5.36. The number of nitrogens with zero attached hydrogens (tertiary/aromatic N) is 1. The summed E-state index contributed by atoms with van der Waals surface area (Å²) in [6, 6.07) is 19.0. The molecule has 0 N–H and O–H groups in total. The molecule has 0 fully saturated rings. The second kappa shape index (κ2) is 9.60. The predicted molar refractivity (Wildman–Crippen MR) is 110 cm³/mol. The largest absolute Gasteiger partial charge is 0.497 e. The van der Waals surface area contributed by atoms with E-state index in [0.717, 1.165) is 35.3 Å². The van der Waals surface area contributed by atoms with E-state index < -0.39 is 0 Å². The van der Waals surface area contributed by atoms with Gasteiger partial charge >= 0.3 is 0 Å². The van der Waals surface area contributed by atoms with E-state index >= 15 is 0 Å². The number of hydrogen-bond donors (Lipinski definition) is 0. The number of aromatic nitrogens is 1. The molecule has 0 amide bonds. The van der Waals surface area contributed by atoms with Gasteiger partial charge in [-0.25, -0.2) is 0 Å². The highest BCUT2D eigenvalue weighted by Gasteiger charge is 2.12. The Labute approximate surface area is 165 Å². The predicted octanol–water partition coefficient (Wildman–Crippen LogP) is 4.92. The normalized spacial score (nSPS) is 10.5. The van der Waals surface area contributed by atoms with Crippen molar-refractivity contribution < 1.29 is 14.3 Å². The van der Waals surface area contributed by atoms with Gasteiger partial charge in [0, 0.05) is 24.4 Å². The van der Waals surface area contributed by atoms with Crippen LogP contribution in [-0.2, 0) is 11.2 Å². The molecular formula is C24H23NO3. The lowest BCUT2D eigenvalue weighted by Crippen LogP contribution is -2.08. The van der Waals surface area contributed by atoms with Gasteiger partial charge in [-0.2, -0.15) is 0 Å². The van der Waals surface area contributed by atoms with E-state index in [2.05, 4.69) is 4.98 Å². The molecule has 0 atom stereocenters. The molecule has 2 aromatic carbocycles. The van der Waals surface area contributed by atoms with Crippen molar-refractivity contribution in [2.45, 2.75) is 25.7 Å². The summed E-state index contributed by atoms with van der Waals surface area (Å²) in [6.07, 6.45) is 5.38. The van der Waals surface area contributed by atoms with Crippen molar-refractivity contribution in [1.29, 1.82) is 0 Å². The topological polar surface area (TPSA) is 56.3 Å². The third-order valence-electron chi connectivity index (χ3n) is 4.66. The van der Waals surface area contributed by atoms with Gasteiger partial charge in [-0.3, -0.25) is 14.6 Å². The van der Waals surface area contributed by atoms with Crippen LogP contribution in [0, 0.1) is 0 Å². The van der Waals surface area contributed by atoms with Crippen LogP contribution in [0.1, 0.15) is 35.2 Å². The maximum absolute atomic E-state index is 12.4. The Bertz CT molecular complexity index is 916. The van der Waals surface area contributed by atoms with Crippen molar-refractivity contribution in [3.63, 3.8) is 0 Å². The Morgan fingerprint density at radius 3 is 2.14 bits per heavy atom. The minimum absolute atomic E-state index is 0.0169. The molecule has 1 heterocycles. The number of ether oxygens (including phenoxy) is 1. The van der Waals surface area contributed by atoms with E-state index in [9.17, 15) is 9.59 Å². The third-order valence-corrected chi connectivity index (χ3v) is 4.66. The molecule has 28 heavy (non-hydrogen) atoms. The first-order valence-electron chi connectivity index (χ1n) is 9.34. The summed E-state index contributed by atoms with van der Waals surface area (Å²) in [5.74, 6) is 0.674. The number of ketones is 2. The number of Topliss-reactive ketones (excluding diaryl/α,β-unsaturated/α-hetero) is 2. The summed E-state index contributed by atoms with van der Waals surface area (Å²) in [6.45, 7) is 0. The molecular weight excluding hydrogens is 350 g/mol. The highest BCUT2D eigenvalue weighted by Crippen LogP contribution is 2.19. The molecule has 0 unspecified atom stereocenters. The minimum Gasteiger partial charge on any atom is -0.497 e. The Hall–Kier alpha value is -3.27.